The van der Waals surface area contributed by atoms with Gasteiger partial charge in [0.15, 0.2) is 0 Å². The highest BCUT2D eigenvalue weighted by Crippen LogP contribution is 2.24. The van der Waals surface area contributed by atoms with Crippen molar-refractivity contribution in [3.63, 3.8) is 0 Å². The molecule has 0 fully saturated rings. The number of carbonyl (C=O) groups is 1. The summed E-state index contributed by atoms with van der Waals surface area (Å²) in [7, 11) is 0. The zero-order chi connectivity index (χ0) is 14.3. The molecule has 0 aliphatic rings. The molecule has 0 aromatic heterocycles. The number of nitrogens with two attached hydrogens (primary N) is 1. The molecule has 0 aliphatic carbocycles. The second-order valence-electron chi connectivity index (χ2n) is 5.18. The van der Waals surface area contributed by atoms with E-state index in [0.717, 1.165) is 19.3 Å². The van der Waals surface area contributed by atoms with Gasteiger partial charge in [-0.2, -0.15) is 0 Å². The first-order chi connectivity index (χ1) is 9.07. The molecule has 1 amide bonds. The highest BCUT2D eigenvalue weighted by atomic mass is 16.2. The van der Waals surface area contributed by atoms with E-state index in [1.807, 2.05) is 13.8 Å². The summed E-state index contributed by atoms with van der Waals surface area (Å²) in [5.41, 5.74) is 7.88. The summed E-state index contributed by atoms with van der Waals surface area (Å²) in [4.78, 5) is 12.2. The van der Waals surface area contributed by atoms with Crippen LogP contribution >= 0.6 is 0 Å². The van der Waals surface area contributed by atoms with Gasteiger partial charge in [-0.15, -0.1) is 0 Å². The summed E-state index contributed by atoms with van der Waals surface area (Å²) < 4.78 is 0. The van der Waals surface area contributed by atoms with Crippen molar-refractivity contribution in [1.82, 2.24) is 5.32 Å². The molecule has 3 nitrogen and oxygen atoms in total. The monoisotopic (exact) mass is 262 g/mol. The molecule has 3 heteroatoms. The van der Waals surface area contributed by atoms with Gasteiger partial charge in [-0.05, 0) is 31.7 Å². The largest absolute Gasteiger partial charge is 0.355 e. The van der Waals surface area contributed by atoms with Gasteiger partial charge in [-0.3, -0.25) is 4.79 Å². The Morgan fingerprint density at radius 2 is 1.79 bits per heavy atom. The van der Waals surface area contributed by atoms with Crippen LogP contribution in [0.25, 0.3) is 0 Å². The van der Waals surface area contributed by atoms with Crippen LogP contribution in [0.15, 0.2) is 24.3 Å². The molecule has 0 saturated heterocycles. The lowest BCUT2D eigenvalue weighted by Crippen LogP contribution is -2.45. The van der Waals surface area contributed by atoms with Crippen LogP contribution in [0.3, 0.4) is 0 Å². The quantitative estimate of drug-likeness (QED) is 0.793. The zero-order valence-corrected chi connectivity index (χ0v) is 12.3. The third-order valence-corrected chi connectivity index (χ3v) is 4.05. The van der Waals surface area contributed by atoms with Crippen LogP contribution in [-0.2, 0) is 11.2 Å². The zero-order valence-electron chi connectivity index (χ0n) is 12.3. The lowest BCUT2D eigenvalue weighted by Gasteiger charge is -2.28. The summed E-state index contributed by atoms with van der Waals surface area (Å²) in [6.45, 7) is 7.20. The Bertz CT molecular complexity index is 385. The van der Waals surface area contributed by atoms with Gasteiger partial charge in [-0.1, -0.05) is 43.7 Å². The number of rotatable bonds is 7. The third-order valence-electron chi connectivity index (χ3n) is 4.05. The van der Waals surface area contributed by atoms with Crippen LogP contribution in [0, 0.1) is 12.3 Å². The van der Waals surface area contributed by atoms with Crippen LogP contribution in [-0.4, -0.2) is 19.0 Å². The first kappa shape index (κ1) is 15.7. The molecule has 3 N–H and O–H groups in total. The van der Waals surface area contributed by atoms with E-state index in [1.165, 1.54) is 11.1 Å². The Labute approximate surface area is 116 Å². The number of hydrogen-bond acceptors (Lipinski definition) is 2. The van der Waals surface area contributed by atoms with Gasteiger partial charge < -0.3 is 11.1 Å². The fourth-order valence-electron chi connectivity index (χ4n) is 2.22. The second kappa shape index (κ2) is 7.29. The highest BCUT2D eigenvalue weighted by molar-refractivity contribution is 5.82. The SMILES string of the molecule is CCC(CC)(CN)C(=O)NCCc1ccc(C)cc1. The summed E-state index contributed by atoms with van der Waals surface area (Å²) in [5, 5.41) is 3.02. The topological polar surface area (TPSA) is 55.1 Å². The number of aryl methyl sites for hydroxylation is 1. The lowest BCUT2D eigenvalue weighted by molar-refractivity contribution is -0.131. The molecule has 0 atom stereocenters. The van der Waals surface area contributed by atoms with Gasteiger partial charge in [0.2, 0.25) is 5.91 Å². The van der Waals surface area contributed by atoms with Crippen molar-refractivity contribution in [2.45, 2.75) is 40.0 Å². The van der Waals surface area contributed by atoms with E-state index in [-0.39, 0.29) is 5.91 Å². The van der Waals surface area contributed by atoms with E-state index in [0.29, 0.717) is 13.1 Å². The van der Waals surface area contributed by atoms with E-state index in [2.05, 4.69) is 36.5 Å². The van der Waals surface area contributed by atoms with Gasteiger partial charge in [0.25, 0.3) is 0 Å². The molecule has 0 radical (unpaired) electrons. The second-order valence-corrected chi connectivity index (χ2v) is 5.18. The molecule has 1 aromatic rings. The molecule has 0 aliphatic heterocycles. The minimum atomic E-state index is -0.396. The van der Waals surface area contributed by atoms with E-state index in [1.54, 1.807) is 0 Å². The van der Waals surface area contributed by atoms with Crippen molar-refractivity contribution in [2.75, 3.05) is 13.1 Å². The standard InChI is InChI=1S/C16H26N2O/c1-4-16(5-2,12-17)15(19)18-11-10-14-8-6-13(3)7-9-14/h6-9H,4-5,10-12,17H2,1-3H3,(H,18,19). The number of benzene rings is 1. The van der Waals surface area contributed by atoms with Crippen LogP contribution in [0.2, 0.25) is 0 Å². The molecule has 1 rings (SSSR count). The van der Waals surface area contributed by atoms with Crippen LogP contribution in [0.1, 0.15) is 37.8 Å². The van der Waals surface area contributed by atoms with Crippen molar-refractivity contribution >= 4 is 5.91 Å². The Hall–Kier alpha value is -1.35. The van der Waals surface area contributed by atoms with E-state index >= 15 is 0 Å². The van der Waals surface area contributed by atoms with E-state index in [9.17, 15) is 4.79 Å². The third kappa shape index (κ3) is 4.06. The summed E-state index contributed by atoms with van der Waals surface area (Å²) in [6, 6.07) is 8.41. The van der Waals surface area contributed by atoms with Crippen molar-refractivity contribution in [2.24, 2.45) is 11.1 Å². The maximum atomic E-state index is 12.2. The van der Waals surface area contributed by atoms with Gasteiger partial charge in [0.05, 0.1) is 5.41 Å². The normalized spacial score (nSPS) is 11.4. The summed E-state index contributed by atoms with van der Waals surface area (Å²) >= 11 is 0. The van der Waals surface area contributed by atoms with Crippen LogP contribution < -0.4 is 11.1 Å². The molecular weight excluding hydrogens is 236 g/mol. The van der Waals surface area contributed by atoms with Crippen molar-refractivity contribution in [3.8, 4) is 0 Å². The van der Waals surface area contributed by atoms with Crippen LogP contribution in [0.5, 0.6) is 0 Å². The molecule has 106 valence electrons. The molecule has 0 spiro atoms. The van der Waals surface area contributed by atoms with E-state index < -0.39 is 5.41 Å². The molecule has 0 unspecified atom stereocenters. The maximum Gasteiger partial charge on any atom is 0.227 e. The van der Waals surface area contributed by atoms with Crippen molar-refractivity contribution in [3.05, 3.63) is 35.4 Å². The number of hydrogen-bond donors (Lipinski definition) is 2. The fraction of sp³-hybridized carbons (Fsp3) is 0.562. The predicted molar refractivity (Wildman–Crippen MR) is 80.0 cm³/mol. The molecule has 19 heavy (non-hydrogen) atoms. The summed E-state index contributed by atoms with van der Waals surface area (Å²) in [6.07, 6.45) is 2.44. The minimum absolute atomic E-state index is 0.0899. The van der Waals surface area contributed by atoms with Crippen LogP contribution in [0.4, 0.5) is 0 Å². The van der Waals surface area contributed by atoms with E-state index in [4.69, 9.17) is 5.73 Å². The smallest absolute Gasteiger partial charge is 0.227 e. The first-order valence-electron chi connectivity index (χ1n) is 7.12. The summed E-state index contributed by atoms with van der Waals surface area (Å²) in [5.74, 6) is 0.0899. The molecule has 1 aromatic carbocycles. The number of nitrogens with one attached hydrogen (secondary N) is 1. The first-order valence-corrected chi connectivity index (χ1v) is 7.12. The molecular formula is C16H26N2O. The lowest BCUT2D eigenvalue weighted by atomic mass is 9.81. The van der Waals surface area contributed by atoms with Gasteiger partial charge >= 0.3 is 0 Å². The Morgan fingerprint density at radius 1 is 1.21 bits per heavy atom. The van der Waals surface area contributed by atoms with Gasteiger partial charge in [0.1, 0.15) is 0 Å². The molecule has 0 saturated carbocycles. The minimum Gasteiger partial charge on any atom is -0.355 e. The highest BCUT2D eigenvalue weighted by Gasteiger charge is 2.32. The Kier molecular flexibility index (Phi) is 6.03. The predicted octanol–water partition coefficient (Wildman–Crippen LogP) is 2.42. The maximum absolute atomic E-state index is 12.2. The van der Waals surface area contributed by atoms with Crippen molar-refractivity contribution in [1.29, 1.82) is 0 Å². The van der Waals surface area contributed by atoms with Crippen molar-refractivity contribution < 1.29 is 4.79 Å². The van der Waals surface area contributed by atoms with Gasteiger partial charge in [0, 0.05) is 13.1 Å². The molecule has 0 heterocycles. The fourth-order valence-corrected chi connectivity index (χ4v) is 2.22. The van der Waals surface area contributed by atoms with Gasteiger partial charge in [-0.25, -0.2) is 0 Å². The average molecular weight is 262 g/mol. The number of carbonyl (C=O) groups excluding carboxylic acids is 1. The Morgan fingerprint density at radius 3 is 2.26 bits per heavy atom. The average Bonchev–Trinajstić information content (AvgIpc) is 2.44. The Balaban J connectivity index is 2.48. The number of amides is 1. The molecule has 0 bridgehead atoms.